The Morgan fingerprint density at radius 1 is 0.792 bits per heavy atom. The van der Waals surface area contributed by atoms with Crippen LogP contribution in [-0.4, -0.2) is 36.2 Å². The number of hydrogen-bond acceptors (Lipinski definition) is 2. The quantitative estimate of drug-likeness (QED) is 0.770. The van der Waals surface area contributed by atoms with Gasteiger partial charge in [-0.3, -0.25) is 0 Å². The summed E-state index contributed by atoms with van der Waals surface area (Å²) in [5, 5.41) is 9.17. The average molecular weight is 317 g/mol. The molecule has 1 saturated heterocycles. The molecule has 122 valence electrons. The van der Waals surface area contributed by atoms with Gasteiger partial charge in [0.05, 0.1) is 6.61 Å². The maximum Gasteiger partial charge on any atom is 0.0558 e. The van der Waals surface area contributed by atoms with E-state index < -0.39 is 0 Å². The van der Waals surface area contributed by atoms with E-state index in [1.165, 1.54) is 27.8 Å². The third-order valence-electron chi connectivity index (χ3n) is 5.13. The molecule has 2 aromatic carbocycles. The van der Waals surface area contributed by atoms with E-state index in [-0.39, 0.29) is 6.61 Å². The number of nitrogens with zero attached hydrogens (tertiary/aromatic N) is 1. The lowest BCUT2D eigenvalue weighted by molar-refractivity contribution is 0.187. The first kappa shape index (κ1) is 15.4. The van der Waals surface area contributed by atoms with Gasteiger partial charge in [-0.2, -0.15) is 0 Å². The van der Waals surface area contributed by atoms with Gasteiger partial charge in [0.15, 0.2) is 0 Å². The summed E-state index contributed by atoms with van der Waals surface area (Å²) in [5.74, 6) is 0. The fraction of sp³-hybridized carbons (Fsp3) is 0.273. The topological polar surface area (TPSA) is 23.5 Å². The van der Waals surface area contributed by atoms with Crippen molar-refractivity contribution in [2.24, 2.45) is 0 Å². The first-order valence-electron chi connectivity index (χ1n) is 8.79. The van der Waals surface area contributed by atoms with Gasteiger partial charge in [-0.1, -0.05) is 66.3 Å². The molecule has 0 unspecified atom stereocenters. The molecule has 24 heavy (non-hydrogen) atoms. The second-order valence-electron chi connectivity index (χ2n) is 6.55. The number of hydrogen-bond donors (Lipinski definition) is 1. The Bertz CT molecular complexity index is 742. The first-order valence-corrected chi connectivity index (χ1v) is 8.79. The highest BCUT2D eigenvalue weighted by Gasteiger charge is 2.22. The van der Waals surface area contributed by atoms with E-state index >= 15 is 0 Å². The number of piperidine rings is 1. The number of fused-ring (bicyclic) bond motifs is 2. The van der Waals surface area contributed by atoms with E-state index in [0.717, 1.165) is 32.5 Å². The second-order valence-corrected chi connectivity index (χ2v) is 6.55. The Morgan fingerprint density at radius 2 is 1.33 bits per heavy atom. The highest BCUT2D eigenvalue weighted by Crippen LogP contribution is 2.38. The smallest absolute Gasteiger partial charge is 0.0558 e. The van der Waals surface area contributed by atoms with Crippen LogP contribution in [0.2, 0.25) is 0 Å². The molecule has 1 N–H and O–H groups in total. The molecule has 2 heteroatoms. The molecule has 0 amide bonds. The number of likely N-dealkylation sites (tertiary alicyclic amines) is 1. The van der Waals surface area contributed by atoms with Gasteiger partial charge in [0.25, 0.3) is 0 Å². The third-order valence-corrected chi connectivity index (χ3v) is 5.13. The molecule has 4 rings (SSSR count). The molecule has 0 radical (unpaired) electrons. The Balaban J connectivity index is 1.82. The first-order chi connectivity index (χ1) is 11.9. The minimum atomic E-state index is 0.251. The van der Waals surface area contributed by atoms with Crippen LogP contribution in [-0.2, 0) is 0 Å². The molecule has 0 spiro atoms. The maximum absolute atomic E-state index is 9.17. The van der Waals surface area contributed by atoms with Crippen LogP contribution in [0.3, 0.4) is 0 Å². The molecular formula is C22H23NO. The standard InChI is InChI=1S/C22H23NO/c24-16-15-23-13-11-19(12-14-23)22-20-7-3-1-5-17(20)9-10-18-6-2-4-8-21(18)22/h1-10,24H,11-16H2. The second kappa shape index (κ2) is 6.76. The molecule has 2 aromatic rings. The molecule has 0 bridgehead atoms. The minimum absolute atomic E-state index is 0.251. The van der Waals surface area contributed by atoms with Crippen molar-refractivity contribution in [2.45, 2.75) is 12.8 Å². The van der Waals surface area contributed by atoms with Crippen molar-refractivity contribution in [1.29, 1.82) is 0 Å². The van der Waals surface area contributed by atoms with E-state index in [9.17, 15) is 0 Å². The van der Waals surface area contributed by atoms with Crippen LogP contribution in [0.1, 0.15) is 35.1 Å². The molecule has 2 aliphatic rings. The maximum atomic E-state index is 9.17. The van der Waals surface area contributed by atoms with Crippen molar-refractivity contribution in [3.63, 3.8) is 0 Å². The summed E-state index contributed by atoms with van der Waals surface area (Å²) in [6.07, 6.45) is 6.64. The van der Waals surface area contributed by atoms with Crippen LogP contribution in [0.5, 0.6) is 0 Å². The van der Waals surface area contributed by atoms with E-state index in [1.54, 1.807) is 5.57 Å². The highest BCUT2D eigenvalue weighted by molar-refractivity contribution is 5.94. The van der Waals surface area contributed by atoms with Crippen LogP contribution in [0, 0.1) is 0 Å². The van der Waals surface area contributed by atoms with Crippen molar-refractivity contribution in [3.05, 3.63) is 76.4 Å². The van der Waals surface area contributed by atoms with Crippen LogP contribution in [0.4, 0.5) is 0 Å². The normalized spacial score (nSPS) is 17.4. The SMILES string of the molecule is OCCN1CCC(=C2c3ccccc3C=Cc3ccccc32)CC1. The van der Waals surface area contributed by atoms with Crippen LogP contribution >= 0.6 is 0 Å². The zero-order valence-corrected chi connectivity index (χ0v) is 13.9. The van der Waals surface area contributed by atoms with Gasteiger partial charge >= 0.3 is 0 Å². The molecule has 0 aromatic heterocycles. The molecule has 1 aliphatic carbocycles. The lowest BCUT2D eigenvalue weighted by atomic mass is 9.86. The Morgan fingerprint density at radius 3 is 1.88 bits per heavy atom. The Labute approximate surface area is 143 Å². The molecular weight excluding hydrogens is 294 g/mol. The van der Waals surface area contributed by atoms with Crippen LogP contribution in [0.25, 0.3) is 17.7 Å². The van der Waals surface area contributed by atoms with Gasteiger partial charge in [-0.05, 0) is 40.7 Å². The summed E-state index contributed by atoms with van der Waals surface area (Å²) in [6.45, 7) is 3.12. The van der Waals surface area contributed by atoms with Crippen molar-refractivity contribution in [3.8, 4) is 0 Å². The predicted molar refractivity (Wildman–Crippen MR) is 101 cm³/mol. The van der Waals surface area contributed by atoms with Gasteiger partial charge in [0, 0.05) is 19.6 Å². The van der Waals surface area contributed by atoms with Gasteiger partial charge in [-0.15, -0.1) is 0 Å². The van der Waals surface area contributed by atoms with Crippen LogP contribution < -0.4 is 0 Å². The van der Waals surface area contributed by atoms with E-state index in [4.69, 9.17) is 5.11 Å². The van der Waals surface area contributed by atoms with E-state index in [2.05, 4.69) is 65.6 Å². The predicted octanol–water partition coefficient (Wildman–Crippen LogP) is 4.06. The minimum Gasteiger partial charge on any atom is -0.395 e. The molecule has 1 fully saturated rings. The summed E-state index contributed by atoms with van der Waals surface area (Å²) in [6, 6.07) is 17.4. The molecule has 0 saturated carbocycles. The van der Waals surface area contributed by atoms with Crippen molar-refractivity contribution in [1.82, 2.24) is 4.90 Å². The van der Waals surface area contributed by atoms with Crippen LogP contribution in [0.15, 0.2) is 54.1 Å². The molecule has 1 heterocycles. The van der Waals surface area contributed by atoms with Gasteiger partial charge in [0.1, 0.15) is 0 Å². The fourth-order valence-electron chi connectivity index (χ4n) is 3.88. The third kappa shape index (κ3) is 2.83. The summed E-state index contributed by atoms with van der Waals surface area (Å²) in [7, 11) is 0. The van der Waals surface area contributed by atoms with Gasteiger partial charge in [0.2, 0.25) is 0 Å². The van der Waals surface area contributed by atoms with Crippen molar-refractivity contribution < 1.29 is 5.11 Å². The van der Waals surface area contributed by atoms with E-state index in [0.29, 0.717) is 0 Å². The zero-order chi connectivity index (χ0) is 16.4. The Kier molecular flexibility index (Phi) is 4.33. The summed E-state index contributed by atoms with van der Waals surface area (Å²) < 4.78 is 0. The molecule has 1 aliphatic heterocycles. The zero-order valence-electron chi connectivity index (χ0n) is 13.9. The summed E-state index contributed by atoms with van der Waals surface area (Å²) >= 11 is 0. The highest BCUT2D eigenvalue weighted by atomic mass is 16.3. The largest absolute Gasteiger partial charge is 0.395 e. The summed E-state index contributed by atoms with van der Waals surface area (Å²) in [5.41, 5.74) is 8.28. The van der Waals surface area contributed by atoms with E-state index in [1.807, 2.05) is 0 Å². The molecule has 0 atom stereocenters. The van der Waals surface area contributed by atoms with Crippen molar-refractivity contribution >= 4 is 17.7 Å². The number of benzene rings is 2. The molecule has 2 nitrogen and oxygen atoms in total. The Hall–Kier alpha value is -2.16. The average Bonchev–Trinajstić information content (AvgIpc) is 2.80. The van der Waals surface area contributed by atoms with Gasteiger partial charge in [-0.25, -0.2) is 0 Å². The monoisotopic (exact) mass is 317 g/mol. The number of aliphatic hydroxyl groups is 1. The lowest BCUT2D eigenvalue weighted by Crippen LogP contribution is -2.33. The summed E-state index contributed by atoms with van der Waals surface area (Å²) in [4.78, 5) is 2.36. The lowest BCUT2D eigenvalue weighted by Gasteiger charge is -2.30. The number of β-amino-alcohol motifs (C(OH)–C–C–N with tert-alkyl or cyclic N) is 1. The number of rotatable bonds is 2. The number of aliphatic hydroxyl groups excluding tert-OH is 1. The van der Waals surface area contributed by atoms with Crippen molar-refractivity contribution in [2.75, 3.05) is 26.2 Å². The fourth-order valence-corrected chi connectivity index (χ4v) is 3.88. The van der Waals surface area contributed by atoms with Gasteiger partial charge < -0.3 is 10.0 Å².